The van der Waals surface area contributed by atoms with E-state index in [4.69, 9.17) is 4.74 Å². The summed E-state index contributed by atoms with van der Waals surface area (Å²) in [4.78, 5) is 14.4. The first kappa shape index (κ1) is 22.2. The third kappa shape index (κ3) is 4.78. The van der Waals surface area contributed by atoms with Crippen LogP contribution < -0.4 is 4.90 Å². The van der Waals surface area contributed by atoms with Crippen molar-refractivity contribution in [3.05, 3.63) is 59.2 Å². The first-order chi connectivity index (χ1) is 14.0. The van der Waals surface area contributed by atoms with Crippen LogP contribution in [0.25, 0.3) is 0 Å². The van der Waals surface area contributed by atoms with Crippen molar-refractivity contribution in [2.24, 2.45) is 5.41 Å². The second-order valence-electron chi connectivity index (χ2n) is 9.56. The van der Waals surface area contributed by atoms with Gasteiger partial charge in [-0.2, -0.15) is 0 Å². The SMILES string of the molecule is Cc1cc(C(O)CCC(C)(C)CCN2C(=O)OC(C)(C)c3ccccc32)ccc1O. The van der Waals surface area contributed by atoms with Crippen molar-refractivity contribution in [1.29, 1.82) is 0 Å². The molecule has 1 aliphatic rings. The summed E-state index contributed by atoms with van der Waals surface area (Å²) in [6.07, 6.45) is 1.33. The Kier molecular flexibility index (Phi) is 6.14. The Morgan fingerprint density at radius 1 is 1.13 bits per heavy atom. The average Bonchev–Trinajstić information content (AvgIpc) is 2.67. The molecule has 0 saturated heterocycles. The largest absolute Gasteiger partial charge is 0.508 e. The molecule has 1 atom stereocenters. The number of hydrogen-bond donors (Lipinski definition) is 2. The molecule has 1 unspecified atom stereocenters. The van der Waals surface area contributed by atoms with Crippen molar-refractivity contribution in [1.82, 2.24) is 0 Å². The van der Waals surface area contributed by atoms with Gasteiger partial charge in [0.1, 0.15) is 11.4 Å². The number of aryl methyl sites for hydroxylation is 1. The average molecular weight is 412 g/mol. The quantitative estimate of drug-likeness (QED) is 0.602. The van der Waals surface area contributed by atoms with Crippen molar-refractivity contribution in [2.75, 3.05) is 11.4 Å². The molecule has 2 aromatic rings. The Labute approximate surface area is 179 Å². The predicted octanol–water partition coefficient (Wildman–Crippen LogP) is 5.82. The number of aliphatic hydroxyl groups excluding tert-OH is 1. The van der Waals surface area contributed by atoms with Crippen molar-refractivity contribution in [3.8, 4) is 5.75 Å². The number of aliphatic hydroxyl groups is 1. The van der Waals surface area contributed by atoms with Gasteiger partial charge in [-0.3, -0.25) is 4.90 Å². The lowest BCUT2D eigenvalue weighted by atomic mass is 9.82. The van der Waals surface area contributed by atoms with Crippen LogP contribution in [0.2, 0.25) is 0 Å². The van der Waals surface area contributed by atoms with E-state index in [0.717, 1.165) is 35.2 Å². The van der Waals surface area contributed by atoms with Crippen LogP contribution in [-0.4, -0.2) is 22.9 Å². The van der Waals surface area contributed by atoms with Crippen molar-refractivity contribution < 1.29 is 19.7 Å². The Hall–Kier alpha value is -2.53. The first-order valence-corrected chi connectivity index (χ1v) is 10.6. The zero-order valence-corrected chi connectivity index (χ0v) is 18.6. The van der Waals surface area contributed by atoms with Crippen LogP contribution in [0, 0.1) is 12.3 Å². The fraction of sp³-hybridized carbons (Fsp3) is 0.480. The van der Waals surface area contributed by atoms with Gasteiger partial charge in [-0.15, -0.1) is 0 Å². The van der Waals surface area contributed by atoms with Crippen molar-refractivity contribution >= 4 is 11.8 Å². The second-order valence-corrected chi connectivity index (χ2v) is 9.56. The van der Waals surface area contributed by atoms with Gasteiger partial charge in [0.25, 0.3) is 0 Å². The fourth-order valence-electron chi connectivity index (χ4n) is 3.98. The summed E-state index contributed by atoms with van der Waals surface area (Å²) < 4.78 is 5.68. The zero-order chi connectivity index (χ0) is 22.1. The molecular weight excluding hydrogens is 378 g/mol. The van der Waals surface area contributed by atoms with Gasteiger partial charge in [-0.25, -0.2) is 4.79 Å². The molecule has 1 heterocycles. The minimum absolute atomic E-state index is 0.0604. The Balaban J connectivity index is 1.63. The van der Waals surface area contributed by atoms with Crippen LogP contribution >= 0.6 is 0 Å². The molecule has 30 heavy (non-hydrogen) atoms. The molecule has 0 aliphatic carbocycles. The maximum atomic E-state index is 12.6. The Morgan fingerprint density at radius 3 is 2.53 bits per heavy atom. The van der Waals surface area contributed by atoms with Gasteiger partial charge < -0.3 is 14.9 Å². The molecule has 0 bridgehead atoms. The van der Waals surface area contributed by atoms with E-state index in [2.05, 4.69) is 13.8 Å². The van der Waals surface area contributed by atoms with E-state index in [1.54, 1.807) is 17.0 Å². The number of phenols is 1. The third-order valence-electron chi connectivity index (χ3n) is 6.12. The van der Waals surface area contributed by atoms with Gasteiger partial charge in [0.2, 0.25) is 0 Å². The number of ether oxygens (including phenoxy) is 1. The van der Waals surface area contributed by atoms with Crippen LogP contribution in [0.4, 0.5) is 10.5 Å². The molecule has 0 aromatic heterocycles. The molecule has 3 rings (SSSR count). The molecule has 1 amide bonds. The highest BCUT2D eigenvalue weighted by Gasteiger charge is 2.38. The van der Waals surface area contributed by atoms with Crippen molar-refractivity contribution in [2.45, 2.75) is 65.6 Å². The number of anilines is 1. The lowest BCUT2D eigenvalue weighted by Crippen LogP contribution is -2.44. The second kappa shape index (κ2) is 8.31. The smallest absolute Gasteiger partial charge is 0.415 e. The summed E-state index contributed by atoms with van der Waals surface area (Å²) in [6, 6.07) is 13.1. The fourth-order valence-corrected chi connectivity index (χ4v) is 3.98. The highest BCUT2D eigenvalue weighted by Crippen LogP contribution is 2.40. The number of carbonyl (C=O) groups excluding carboxylic acids is 1. The first-order valence-electron chi connectivity index (χ1n) is 10.6. The molecule has 0 radical (unpaired) electrons. The zero-order valence-electron chi connectivity index (χ0n) is 18.6. The number of benzene rings is 2. The summed E-state index contributed by atoms with van der Waals surface area (Å²) in [5.74, 6) is 0.239. The monoisotopic (exact) mass is 411 g/mol. The highest BCUT2D eigenvalue weighted by atomic mass is 16.6. The Bertz CT molecular complexity index is 919. The van der Waals surface area contributed by atoms with Gasteiger partial charge in [0, 0.05) is 12.1 Å². The van der Waals surface area contributed by atoms with E-state index < -0.39 is 11.7 Å². The van der Waals surface area contributed by atoms with Crippen LogP contribution in [0.15, 0.2) is 42.5 Å². The molecule has 5 nitrogen and oxygen atoms in total. The summed E-state index contributed by atoms with van der Waals surface area (Å²) in [5.41, 5.74) is 2.81. The van der Waals surface area contributed by atoms with Crippen LogP contribution in [0.5, 0.6) is 5.75 Å². The lowest BCUT2D eigenvalue weighted by Gasteiger charge is -2.39. The molecule has 1 aliphatic heterocycles. The van der Waals surface area contributed by atoms with Gasteiger partial charge in [0.05, 0.1) is 11.8 Å². The molecule has 162 valence electrons. The van der Waals surface area contributed by atoms with Crippen LogP contribution in [-0.2, 0) is 10.3 Å². The molecule has 2 aromatic carbocycles. The summed E-state index contributed by atoms with van der Waals surface area (Å²) in [5, 5.41) is 20.3. The number of carbonyl (C=O) groups is 1. The summed E-state index contributed by atoms with van der Waals surface area (Å²) >= 11 is 0. The standard InChI is InChI=1S/C25H33NO4/c1-17-16-18(10-11-21(17)27)22(28)12-13-24(2,3)14-15-26-20-9-7-6-8-19(20)25(4,5)30-23(26)29/h6-11,16,22,27-28H,12-15H2,1-5H3. The number of fused-ring (bicyclic) bond motifs is 1. The molecule has 0 spiro atoms. The molecule has 0 saturated carbocycles. The third-order valence-corrected chi connectivity index (χ3v) is 6.12. The number of rotatable bonds is 7. The highest BCUT2D eigenvalue weighted by molar-refractivity contribution is 5.91. The van der Waals surface area contributed by atoms with E-state index >= 15 is 0 Å². The number of nitrogens with zero attached hydrogens (tertiary/aromatic N) is 1. The normalized spacial score (nSPS) is 16.7. The maximum Gasteiger partial charge on any atom is 0.415 e. The van der Waals surface area contributed by atoms with Crippen LogP contribution in [0.3, 0.4) is 0 Å². The molecule has 5 heteroatoms. The summed E-state index contributed by atoms with van der Waals surface area (Å²) in [7, 11) is 0. The number of hydrogen-bond acceptors (Lipinski definition) is 4. The Morgan fingerprint density at radius 2 is 1.83 bits per heavy atom. The van der Waals surface area contributed by atoms with Gasteiger partial charge in [0.15, 0.2) is 0 Å². The van der Waals surface area contributed by atoms with Gasteiger partial charge in [-0.1, -0.05) is 38.1 Å². The number of amides is 1. The number of para-hydroxylation sites is 1. The minimum atomic E-state index is -0.633. The molecule has 2 N–H and O–H groups in total. The van der Waals surface area contributed by atoms with E-state index in [1.165, 1.54) is 0 Å². The molecule has 0 fully saturated rings. The van der Waals surface area contributed by atoms with Gasteiger partial charge in [-0.05, 0) is 74.8 Å². The van der Waals surface area contributed by atoms with E-state index in [9.17, 15) is 15.0 Å². The van der Waals surface area contributed by atoms with E-state index in [-0.39, 0.29) is 17.3 Å². The summed E-state index contributed by atoms with van der Waals surface area (Å²) in [6.45, 7) is 10.5. The van der Waals surface area contributed by atoms with E-state index in [1.807, 2.05) is 51.1 Å². The predicted molar refractivity (Wildman–Crippen MR) is 119 cm³/mol. The maximum absolute atomic E-state index is 12.6. The molecular formula is C25H33NO4. The van der Waals surface area contributed by atoms with Crippen LogP contribution in [0.1, 0.15) is 69.8 Å². The number of phenolic OH excluding ortho intramolecular Hbond substituents is 1. The topological polar surface area (TPSA) is 70.0 Å². The number of cyclic esters (lactones) is 1. The minimum Gasteiger partial charge on any atom is -0.508 e. The lowest BCUT2D eigenvalue weighted by molar-refractivity contribution is 0.0345. The van der Waals surface area contributed by atoms with E-state index in [0.29, 0.717) is 13.0 Å². The number of aromatic hydroxyl groups is 1. The van der Waals surface area contributed by atoms with Crippen molar-refractivity contribution in [3.63, 3.8) is 0 Å². The van der Waals surface area contributed by atoms with Gasteiger partial charge >= 0.3 is 6.09 Å².